The number of ether oxygens (including phenoxy) is 1. The van der Waals surface area contributed by atoms with Gasteiger partial charge < -0.3 is 14.7 Å². The van der Waals surface area contributed by atoms with Crippen LogP contribution in [0.3, 0.4) is 0 Å². The van der Waals surface area contributed by atoms with Gasteiger partial charge in [0.25, 0.3) is 0 Å². The lowest BCUT2D eigenvalue weighted by Gasteiger charge is -2.31. The molecule has 0 bridgehead atoms. The van der Waals surface area contributed by atoms with Gasteiger partial charge in [-0.1, -0.05) is 12.1 Å². The van der Waals surface area contributed by atoms with Gasteiger partial charge in [-0.05, 0) is 42.9 Å². The molecule has 5 nitrogen and oxygen atoms in total. The highest BCUT2D eigenvalue weighted by atomic mass is 16.5. The molecule has 3 rings (SSSR count). The molecule has 1 aliphatic carbocycles. The van der Waals surface area contributed by atoms with Gasteiger partial charge in [0.15, 0.2) is 0 Å². The van der Waals surface area contributed by atoms with Crippen molar-refractivity contribution in [2.24, 2.45) is 11.8 Å². The summed E-state index contributed by atoms with van der Waals surface area (Å²) in [6, 6.07) is 7.84. The van der Waals surface area contributed by atoms with E-state index in [4.69, 9.17) is 9.84 Å². The van der Waals surface area contributed by atoms with E-state index < -0.39 is 11.9 Å². The molecular formula is C17H21NO4. The Bertz CT molecular complexity index is 586. The molecular weight excluding hydrogens is 282 g/mol. The average molecular weight is 303 g/mol. The van der Waals surface area contributed by atoms with Crippen LogP contribution < -0.4 is 4.74 Å². The Kier molecular flexibility index (Phi) is 4.05. The molecule has 2 fully saturated rings. The molecule has 22 heavy (non-hydrogen) atoms. The van der Waals surface area contributed by atoms with Gasteiger partial charge in [0, 0.05) is 19.0 Å². The van der Waals surface area contributed by atoms with Crippen LogP contribution in [0.15, 0.2) is 24.3 Å². The molecule has 3 atom stereocenters. The second-order valence-corrected chi connectivity index (χ2v) is 6.19. The van der Waals surface area contributed by atoms with Crippen molar-refractivity contribution in [3.63, 3.8) is 0 Å². The standard InChI is InChI=1S/C17H21NO4/c1-22-13-6-2-4-11(8-13)14-9-15(14)16(19)18-7-3-5-12(10-18)17(20)21/h2,4,6,8,12,14-15H,3,5,7,9-10H2,1H3,(H,20,21)/t12-,14-,15-/m0/s1. The van der Waals surface area contributed by atoms with Gasteiger partial charge in [0.2, 0.25) is 5.91 Å². The molecule has 0 aromatic heterocycles. The Morgan fingerprint density at radius 2 is 2.18 bits per heavy atom. The quantitative estimate of drug-likeness (QED) is 0.925. The van der Waals surface area contributed by atoms with Crippen LogP contribution in [-0.4, -0.2) is 42.1 Å². The van der Waals surface area contributed by atoms with Crippen molar-refractivity contribution in [1.29, 1.82) is 0 Å². The number of carbonyl (C=O) groups excluding carboxylic acids is 1. The van der Waals surface area contributed by atoms with Gasteiger partial charge in [0.1, 0.15) is 5.75 Å². The molecule has 1 saturated carbocycles. The van der Waals surface area contributed by atoms with E-state index in [9.17, 15) is 9.59 Å². The van der Waals surface area contributed by atoms with Crippen molar-refractivity contribution < 1.29 is 19.4 Å². The third-order valence-corrected chi connectivity index (χ3v) is 4.71. The molecule has 1 aromatic rings. The van der Waals surface area contributed by atoms with E-state index in [2.05, 4.69) is 0 Å². The molecule has 118 valence electrons. The minimum Gasteiger partial charge on any atom is -0.497 e. The summed E-state index contributed by atoms with van der Waals surface area (Å²) >= 11 is 0. The number of nitrogens with zero attached hydrogens (tertiary/aromatic N) is 1. The van der Waals surface area contributed by atoms with E-state index in [1.54, 1.807) is 12.0 Å². The van der Waals surface area contributed by atoms with Gasteiger partial charge >= 0.3 is 5.97 Å². The third-order valence-electron chi connectivity index (χ3n) is 4.71. The second kappa shape index (κ2) is 5.99. The zero-order valence-corrected chi connectivity index (χ0v) is 12.7. The average Bonchev–Trinajstić information content (AvgIpc) is 3.35. The number of hydrogen-bond acceptors (Lipinski definition) is 3. The van der Waals surface area contributed by atoms with Crippen molar-refractivity contribution in [1.82, 2.24) is 4.90 Å². The summed E-state index contributed by atoms with van der Waals surface area (Å²) in [6.45, 7) is 1.04. The molecule has 1 heterocycles. The van der Waals surface area contributed by atoms with Crippen molar-refractivity contribution in [2.75, 3.05) is 20.2 Å². The van der Waals surface area contributed by atoms with Crippen molar-refractivity contribution in [3.8, 4) is 5.75 Å². The number of methoxy groups -OCH3 is 1. The first-order chi connectivity index (χ1) is 10.6. The summed E-state index contributed by atoms with van der Waals surface area (Å²) in [5, 5.41) is 9.13. The minimum atomic E-state index is -0.794. The molecule has 1 aliphatic heterocycles. The Morgan fingerprint density at radius 3 is 2.91 bits per heavy atom. The Hall–Kier alpha value is -2.04. The number of rotatable bonds is 4. The largest absolute Gasteiger partial charge is 0.497 e. The maximum Gasteiger partial charge on any atom is 0.308 e. The smallest absolute Gasteiger partial charge is 0.308 e. The zero-order valence-electron chi connectivity index (χ0n) is 12.7. The number of aliphatic carboxylic acids is 1. The summed E-state index contributed by atoms with van der Waals surface area (Å²) < 4.78 is 5.22. The summed E-state index contributed by atoms with van der Waals surface area (Å²) in [5.74, 6) is -0.0462. The van der Waals surface area contributed by atoms with Gasteiger partial charge in [-0.3, -0.25) is 9.59 Å². The van der Waals surface area contributed by atoms with E-state index in [1.165, 1.54) is 0 Å². The first kappa shape index (κ1) is 14.9. The number of amides is 1. The van der Waals surface area contributed by atoms with Crippen LogP contribution in [-0.2, 0) is 9.59 Å². The number of piperidine rings is 1. The second-order valence-electron chi connectivity index (χ2n) is 6.19. The summed E-state index contributed by atoms with van der Waals surface area (Å²) in [7, 11) is 1.63. The number of likely N-dealkylation sites (tertiary alicyclic amines) is 1. The van der Waals surface area contributed by atoms with E-state index in [0.29, 0.717) is 19.5 Å². The first-order valence-corrected chi connectivity index (χ1v) is 7.75. The number of carboxylic acids is 1. The number of carboxylic acid groups (broad SMARTS) is 1. The van der Waals surface area contributed by atoms with Crippen LogP contribution in [0.4, 0.5) is 0 Å². The molecule has 1 aromatic carbocycles. The van der Waals surface area contributed by atoms with E-state index in [0.717, 1.165) is 24.2 Å². The Labute approximate surface area is 129 Å². The number of carbonyl (C=O) groups is 2. The molecule has 0 radical (unpaired) electrons. The molecule has 1 amide bonds. The lowest BCUT2D eigenvalue weighted by molar-refractivity contribution is -0.146. The number of hydrogen-bond donors (Lipinski definition) is 1. The Morgan fingerprint density at radius 1 is 1.36 bits per heavy atom. The van der Waals surface area contributed by atoms with E-state index >= 15 is 0 Å². The fourth-order valence-electron chi connectivity index (χ4n) is 3.32. The van der Waals surface area contributed by atoms with Crippen LogP contribution >= 0.6 is 0 Å². The van der Waals surface area contributed by atoms with Crippen LogP contribution in [0.5, 0.6) is 5.75 Å². The van der Waals surface area contributed by atoms with Crippen LogP contribution in [0.25, 0.3) is 0 Å². The summed E-state index contributed by atoms with van der Waals surface area (Å²) in [6.07, 6.45) is 2.29. The fraction of sp³-hybridized carbons (Fsp3) is 0.529. The number of benzene rings is 1. The van der Waals surface area contributed by atoms with E-state index in [1.807, 2.05) is 24.3 Å². The van der Waals surface area contributed by atoms with Gasteiger partial charge in [-0.15, -0.1) is 0 Å². The van der Waals surface area contributed by atoms with Crippen molar-refractivity contribution in [3.05, 3.63) is 29.8 Å². The fourth-order valence-corrected chi connectivity index (χ4v) is 3.32. The maximum absolute atomic E-state index is 12.6. The normalized spacial score (nSPS) is 27.3. The molecule has 5 heteroatoms. The third kappa shape index (κ3) is 2.93. The maximum atomic E-state index is 12.6. The lowest BCUT2D eigenvalue weighted by Crippen LogP contribution is -2.43. The van der Waals surface area contributed by atoms with Crippen LogP contribution in [0.2, 0.25) is 0 Å². The van der Waals surface area contributed by atoms with Crippen LogP contribution in [0.1, 0.15) is 30.7 Å². The summed E-state index contributed by atoms with van der Waals surface area (Å²) in [5.41, 5.74) is 1.13. The van der Waals surface area contributed by atoms with Gasteiger partial charge in [0.05, 0.1) is 13.0 Å². The predicted molar refractivity (Wildman–Crippen MR) is 80.8 cm³/mol. The first-order valence-electron chi connectivity index (χ1n) is 7.75. The Balaban J connectivity index is 1.63. The predicted octanol–water partition coefficient (Wildman–Crippen LogP) is 2.12. The van der Waals surface area contributed by atoms with Crippen molar-refractivity contribution >= 4 is 11.9 Å². The molecule has 1 saturated heterocycles. The molecule has 1 N–H and O–H groups in total. The van der Waals surface area contributed by atoms with Gasteiger partial charge in [-0.25, -0.2) is 0 Å². The highest BCUT2D eigenvalue weighted by Gasteiger charge is 2.46. The van der Waals surface area contributed by atoms with Crippen molar-refractivity contribution in [2.45, 2.75) is 25.2 Å². The zero-order chi connectivity index (χ0) is 15.7. The van der Waals surface area contributed by atoms with E-state index in [-0.39, 0.29) is 17.7 Å². The van der Waals surface area contributed by atoms with Crippen LogP contribution in [0, 0.1) is 11.8 Å². The van der Waals surface area contributed by atoms with Gasteiger partial charge in [-0.2, -0.15) is 0 Å². The molecule has 0 unspecified atom stereocenters. The lowest BCUT2D eigenvalue weighted by atomic mass is 9.97. The highest BCUT2D eigenvalue weighted by molar-refractivity contribution is 5.84. The molecule has 2 aliphatic rings. The summed E-state index contributed by atoms with van der Waals surface area (Å²) in [4.78, 5) is 25.4. The monoisotopic (exact) mass is 303 g/mol. The highest BCUT2D eigenvalue weighted by Crippen LogP contribution is 2.49. The topological polar surface area (TPSA) is 66.8 Å². The molecule has 0 spiro atoms. The minimum absolute atomic E-state index is 0.000323. The SMILES string of the molecule is COc1cccc([C@@H]2C[C@@H]2C(=O)N2CCC[C@H](C(=O)O)C2)c1.